The fourth-order valence-corrected chi connectivity index (χ4v) is 1.77. The predicted octanol–water partition coefficient (Wildman–Crippen LogP) is 2.89. The summed E-state index contributed by atoms with van der Waals surface area (Å²) >= 11 is 0. The van der Waals surface area contributed by atoms with E-state index in [4.69, 9.17) is 4.55 Å². The molecule has 0 saturated heterocycles. The number of hydrogen-bond donors (Lipinski definition) is 1. The Balaban J connectivity index is 2.91. The molecule has 0 amide bonds. The van der Waals surface area contributed by atoms with E-state index in [0.29, 0.717) is 0 Å². The van der Waals surface area contributed by atoms with Gasteiger partial charge in [-0.25, -0.2) is 0 Å². The van der Waals surface area contributed by atoms with Crippen molar-refractivity contribution in [3.05, 3.63) is 40.8 Å². The van der Waals surface area contributed by atoms with Crippen molar-refractivity contribution in [1.29, 1.82) is 0 Å². The smallest absolute Gasteiger partial charge is 0.282 e. The molecule has 0 aliphatic heterocycles. The Morgan fingerprint density at radius 1 is 1.31 bits per heavy atom. The Labute approximate surface area is 96.6 Å². The van der Waals surface area contributed by atoms with E-state index in [0.717, 1.165) is 35.8 Å². The number of aryl methyl sites for hydroxylation is 1. The van der Waals surface area contributed by atoms with Gasteiger partial charge in [0, 0.05) is 0 Å². The van der Waals surface area contributed by atoms with Crippen LogP contribution in [0.2, 0.25) is 0 Å². The van der Waals surface area contributed by atoms with Crippen molar-refractivity contribution in [2.45, 2.75) is 26.2 Å². The van der Waals surface area contributed by atoms with Crippen molar-refractivity contribution in [3.63, 3.8) is 0 Å². The highest BCUT2D eigenvalue weighted by molar-refractivity contribution is 7.88. The zero-order valence-corrected chi connectivity index (χ0v) is 10.1. The van der Waals surface area contributed by atoms with Gasteiger partial charge < -0.3 is 0 Å². The minimum absolute atomic E-state index is 0.817. The maximum Gasteiger partial charge on any atom is 0.287 e. The lowest BCUT2D eigenvalue weighted by Gasteiger charge is -2.04. The predicted molar refractivity (Wildman–Crippen MR) is 65.6 cm³/mol. The van der Waals surface area contributed by atoms with Gasteiger partial charge in [0.1, 0.15) is 0 Å². The maximum absolute atomic E-state index is 10.6. The van der Waals surface area contributed by atoms with Crippen LogP contribution < -0.4 is 0 Å². The normalized spacial score (nSPS) is 12.1. The molecular weight excluding hydrogens is 224 g/mol. The van der Waals surface area contributed by atoms with Crippen LogP contribution >= 0.6 is 0 Å². The number of hydrogen-bond acceptors (Lipinski definition) is 2. The number of benzene rings is 1. The van der Waals surface area contributed by atoms with Crippen LogP contribution in [0.4, 0.5) is 0 Å². The van der Waals surface area contributed by atoms with Crippen molar-refractivity contribution in [1.82, 2.24) is 0 Å². The Morgan fingerprint density at radius 2 is 2.00 bits per heavy atom. The summed E-state index contributed by atoms with van der Waals surface area (Å²) in [6.07, 6.45) is 4.51. The molecule has 3 nitrogen and oxygen atoms in total. The van der Waals surface area contributed by atoms with Gasteiger partial charge in [0.05, 0.1) is 5.41 Å². The molecule has 0 aliphatic carbocycles. The lowest BCUT2D eigenvalue weighted by atomic mass is 10.0. The highest BCUT2D eigenvalue weighted by Crippen LogP contribution is 2.14. The third kappa shape index (κ3) is 4.59. The largest absolute Gasteiger partial charge is 0.287 e. The van der Waals surface area contributed by atoms with E-state index in [1.807, 2.05) is 24.3 Å². The van der Waals surface area contributed by atoms with Crippen molar-refractivity contribution >= 4 is 16.2 Å². The van der Waals surface area contributed by atoms with Gasteiger partial charge in [-0.05, 0) is 30.0 Å². The first kappa shape index (κ1) is 12.9. The van der Waals surface area contributed by atoms with E-state index in [1.165, 1.54) is 6.08 Å². The summed E-state index contributed by atoms with van der Waals surface area (Å²) in [5.41, 5.74) is 1.94. The van der Waals surface area contributed by atoms with Crippen molar-refractivity contribution in [2.75, 3.05) is 0 Å². The molecule has 0 unspecified atom stereocenters. The van der Waals surface area contributed by atoms with Crippen LogP contribution in [-0.2, 0) is 16.5 Å². The van der Waals surface area contributed by atoms with Gasteiger partial charge in [-0.3, -0.25) is 4.55 Å². The average Bonchev–Trinajstić information content (AvgIpc) is 2.23. The van der Waals surface area contributed by atoms with Gasteiger partial charge in [0.15, 0.2) is 0 Å². The molecule has 0 bridgehead atoms. The Morgan fingerprint density at radius 3 is 2.62 bits per heavy atom. The third-order valence-corrected chi connectivity index (χ3v) is 2.75. The monoisotopic (exact) mass is 240 g/mol. The molecule has 1 rings (SSSR count). The Bertz CT molecular complexity index is 461. The Hall–Kier alpha value is -1.13. The molecule has 0 aliphatic rings. The summed E-state index contributed by atoms with van der Waals surface area (Å²) in [6, 6.07) is 7.58. The van der Waals surface area contributed by atoms with E-state index in [1.54, 1.807) is 0 Å². The van der Waals surface area contributed by atoms with Crippen LogP contribution in [0.25, 0.3) is 6.08 Å². The summed E-state index contributed by atoms with van der Waals surface area (Å²) in [5.74, 6) is 0. The first-order chi connectivity index (χ1) is 7.53. The van der Waals surface area contributed by atoms with Gasteiger partial charge in [-0.15, -0.1) is 0 Å². The minimum atomic E-state index is -4.04. The third-order valence-electron chi connectivity index (χ3n) is 2.27. The number of unbranched alkanes of at least 4 members (excludes halogenated alkanes) is 1. The second kappa shape index (κ2) is 5.82. The molecule has 0 aromatic heterocycles. The van der Waals surface area contributed by atoms with Crippen LogP contribution in [0.1, 0.15) is 30.9 Å². The standard InChI is InChI=1S/C12H16O3S/c1-2-3-6-11-7-4-5-8-12(11)9-10-16(13,14)15/h4-5,7-10H,2-3,6H2,1H3,(H,13,14,15). The van der Waals surface area contributed by atoms with Crippen LogP contribution in [-0.4, -0.2) is 13.0 Å². The van der Waals surface area contributed by atoms with Gasteiger partial charge in [-0.1, -0.05) is 37.6 Å². The SMILES string of the molecule is CCCCc1ccccc1C=CS(=O)(=O)O. The van der Waals surface area contributed by atoms with Gasteiger partial charge in [0.25, 0.3) is 10.1 Å². The minimum Gasteiger partial charge on any atom is -0.282 e. The molecule has 0 spiro atoms. The Kier molecular flexibility index (Phi) is 4.71. The van der Waals surface area contributed by atoms with E-state index in [9.17, 15) is 8.42 Å². The quantitative estimate of drug-likeness (QED) is 0.805. The lowest BCUT2D eigenvalue weighted by molar-refractivity contribution is 0.494. The van der Waals surface area contributed by atoms with Crippen LogP contribution in [0.3, 0.4) is 0 Å². The van der Waals surface area contributed by atoms with Crippen molar-refractivity contribution < 1.29 is 13.0 Å². The number of rotatable bonds is 5. The molecule has 1 N–H and O–H groups in total. The zero-order valence-electron chi connectivity index (χ0n) is 9.26. The molecule has 4 heteroatoms. The molecular formula is C12H16O3S. The molecule has 88 valence electrons. The van der Waals surface area contributed by atoms with Crippen molar-refractivity contribution in [3.8, 4) is 0 Å². The second-order valence-corrected chi connectivity index (χ2v) is 4.92. The highest BCUT2D eigenvalue weighted by Gasteiger charge is 2.00. The molecule has 0 radical (unpaired) electrons. The molecule has 0 fully saturated rings. The summed E-state index contributed by atoms with van der Waals surface area (Å²) in [7, 11) is -4.04. The van der Waals surface area contributed by atoms with Crippen LogP contribution in [0.5, 0.6) is 0 Å². The molecule has 1 aromatic carbocycles. The summed E-state index contributed by atoms with van der Waals surface area (Å²) in [4.78, 5) is 0. The molecule has 0 atom stereocenters. The molecule has 16 heavy (non-hydrogen) atoms. The summed E-state index contributed by atoms with van der Waals surface area (Å²) in [6.45, 7) is 2.11. The van der Waals surface area contributed by atoms with Gasteiger partial charge >= 0.3 is 0 Å². The topological polar surface area (TPSA) is 54.4 Å². The highest BCUT2D eigenvalue weighted by atomic mass is 32.2. The van der Waals surface area contributed by atoms with E-state index >= 15 is 0 Å². The van der Waals surface area contributed by atoms with Gasteiger partial charge in [-0.2, -0.15) is 8.42 Å². The molecule has 1 aromatic rings. The fraction of sp³-hybridized carbons (Fsp3) is 0.333. The fourth-order valence-electron chi connectivity index (χ4n) is 1.45. The van der Waals surface area contributed by atoms with Gasteiger partial charge in [0.2, 0.25) is 0 Å². The van der Waals surface area contributed by atoms with Crippen molar-refractivity contribution in [2.24, 2.45) is 0 Å². The lowest BCUT2D eigenvalue weighted by Crippen LogP contribution is -1.92. The van der Waals surface area contributed by atoms with Crippen LogP contribution in [0, 0.1) is 0 Å². The summed E-state index contributed by atoms with van der Waals surface area (Å²) < 4.78 is 29.8. The van der Waals surface area contributed by atoms with E-state index in [-0.39, 0.29) is 0 Å². The van der Waals surface area contributed by atoms with Crippen LogP contribution in [0.15, 0.2) is 29.7 Å². The average molecular weight is 240 g/mol. The maximum atomic E-state index is 10.6. The molecule has 0 saturated carbocycles. The van der Waals surface area contributed by atoms with E-state index in [2.05, 4.69) is 6.92 Å². The first-order valence-electron chi connectivity index (χ1n) is 5.26. The zero-order chi connectivity index (χ0) is 12.0. The summed E-state index contributed by atoms with van der Waals surface area (Å²) in [5, 5.41) is 0.817. The van der Waals surface area contributed by atoms with E-state index < -0.39 is 10.1 Å². The first-order valence-corrected chi connectivity index (χ1v) is 6.76. The second-order valence-electron chi connectivity index (χ2n) is 3.62. The molecule has 0 heterocycles.